The largest absolute Gasteiger partial charge is 0.480 e. The zero-order chi connectivity index (χ0) is 15.4. The summed E-state index contributed by atoms with van der Waals surface area (Å²) in [5.41, 5.74) is 0. The lowest BCUT2D eigenvalue weighted by Gasteiger charge is -2.27. The van der Waals surface area contributed by atoms with Crippen LogP contribution in [0.3, 0.4) is 0 Å². The van der Waals surface area contributed by atoms with Crippen molar-refractivity contribution >= 4 is 17.9 Å². The Bertz CT molecular complexity index is 399. The van der Waals surface area contributed by atoms with Crippen molar-refractivity contribution in [3.63, 3.8) is 0 Å². The Morgan fingerprint density at radius 3 is 2.50 bits per heavy atom. The van der Waals surface area contributed by atoms with E-state index in [1.54, 1.807) is 13.8 Å². The Morgan fingerprint density at radius 1 is 1.40 bits per heavy atom. The highest BCUT2D eigenvalue weighted by molar-refractivity contribution is 5.87. The molecule has 3 amide bonds. The first-order valence-electron chi connectivity index (χ1n) is 6.44. The van der Waals surface area contributed by atoms with Crippen molar-refractivity contribution in [1.82, 2.24) is 15.1 Å². The third-order valence-corrected chi connectivity index (χ3v) is 2.97. The van der Waals surface area contributed by atoms with Crippen LogP contribution < -0.4 is 5.32 Å². The number of hydrogen-bond acceptors (Lipinski definition) is 4. The number of hydrogen-bond donors (Lipinski definition) is 3. The van der Waals surface area contributed by atoms with E-state index in [9.17, 15) is 19.5 Å². The fourth-order valence-corrected chi connectivity index (χ4v) is 2.13. The van der Waals surface area contributed by atoms with E-state index < -0.39 is 24.1 Å². The molecule has 1 rings (SSSR count). The van der Waals surface area contributed by atoms with Crippen LogP contribution in [0.25, 0.3) is 0 Å². The lowest BCUT2D eigenvalue weighted by Crippen LogP contribution is -2.49. The van der Waals surface area contributed by atoms with Crippen molar-refractivity contribution < 1.29 is 24.6 Å². The minimum Gasteiger partial charge on any atom is -0.480 e. The van der Waals surface area contributed by atoms with E-state index in [0.717, 1.165) is 9.80 Å². The van der Waals surface area contributed by atoms with Crippen LogP contribution in [0.2, 0.25) is 0 Å². The van der Waals surface area contributed by atoms with Gasteiger partial charge in [-0.3, -0.25) is 4.79 Å². The molecular weight excluding hydrogens is 266 g/mol. The molecule has 1 saturated heterocycles. The summed E-state index contributed by atoms with van der Waals surface area (Å²) in [6.45, 7) is 3.41. The first kappa shape index (κ1) is 16.2. The summed E-state index contributed by atoms with van der Waals surface area (Å²) < 4.78 is 0. The zero-order valence-corrected chi connectivity index (χ0v) is 11.9. The van der Waals surface area contributed by atoms with Crippen LogP contribution in [0.4, 0.5) is 4.79 Å². The van der Waals surface area contributed by atoms with Gasteiger partial charge < -0.3 is 25.3 Å². The first-order chi connectivity index (χ1) is 9.22. The van der Waals surface area contributed by atoms with Gasteiger partial charge in [0.05, 0.1) is 6.10 Å². The topological polar surface area (TPSA) is 110 Å². The summed E-state index contributed by atoms with van der Waals surface area (Å²) in [6.07, 6.45) is -0.842. The molecule has 8 nitrogen and oxygen atoms in total. The SMILES string of the molecule is CC(C)NC(=O)CN(C)C(=O)N1C[C@@H](O)C[C@H]1C(=O)O. The van der Waals surface area contributed by atoms with Gasteiger partial charge in [0.2, 0.25) is 5.91 Å². The van der Waals surface area contributed by atoms with Gasteiger partial charge in [-0.15, -0.1) is 0 Å². The molecule has 0 aliphatic carbocycles. The highest BCUT2D eigenvalue weighted by Gasteiger charge is 2.40. The molecule has 0 saturated carbocycles. The molecule has 0 unspecified atom stereocenters. The van der Waals surface area contributed by atoms with Gasteiger partial charge in [-0.1, -0.05) is 0 Å². The number of carbonyl (C=O) groups excluding carboxylic acids is 2. The highest BCUT2D eigenvalue weighted by atomic mass is 16.4. The lowest BCUT2D eigenvalue weighted by molar-refractivity contribution is -0.141. The average Bonchev–Trinajstić information content (AvgIpc) is 2.69. The van der Waals surface area contributed by atoms with Crippen molar-refractivity contribution in [2.75, 3.05) is 20.1 Å². The number of likely N-dealkylation sites (tertiary alicyclic amines) is 1. The Kier molecular flexibility index (Phi) is 5.32. The fraction of sp³-hybridized carbons (Fsp3) is 0.750. The van der Waals surface area contributed by atoms with Gasteiger partial charge in [0.15, 0.2) is 0 Å². The number of nitrogens with zero attached hydrogens (tertiary/aromatic N) is 2. The highest BCUT2D eigenvalue weighted by Crippen LogP contribution is 2.19. The van der Waals surface area contributed by atoms with Crippen LogP contribution >= 0.6 is 0 Å². The minimum atomic E-state index is -1.16. The Balaban J connectivity index is 2.64. The number of amides is 3. The van der Waals surface area contributed by atoms with Gasteiger partial charge in [-0.2, -0.15) is 0 Å². The maximum Gasteiger partial charge on any atom is 0.326 e. The van der Waals surface area contributed by atoms with E-state index in [2.05, 4.69) is 5.32 Å². The van der Waals surface area contributed by atoms with Gasteiger partial charge in [0.1, 0.15) is 12.6 Å². The van der Waals surface area contributed by atoms with E-state index in [-0.39, 0.29) is 31.5 Å². The second kappa shape index (κ2) is 6.56. The number of nitrogens with one attached hydrogen (secondary N) is 1. The van der Waals surface area contributed by atoms with Gasteiger partial charge in [-0.25, -0.2) is 9.59 Å². The molecule has 20 heavy (non-hydrogen) atoms. The maximum absolute atomic E-state index is 12.1. The number of aliphatic hydroxyl groups is 1. The monoisotopic (exact) mass is 287 g/mol. The smallest absolute Gasteiger partial charge is 0.326 e. The molecule has 0 aromatic rings. The molecule has 0 aromatic heterocycles. The standard InChI is InChI=1S/C12H21N3O5/c1-7(2)13-10(17)6-14(3)12(20)15-5-8(16)4-9(15)11(18)19/h7-9,16H,4-6H2,1-3H3,(H,13,17)(H,18,19)/t8-,9-/m0/s1. The first-order valence-corrected chi connectivity index (χ1v) is 6.44. The van der Waals surface area contributed by atoms with Crippen molar-refractivity contribution in [2.45, 2.75) is 38.5 Å². The van der Waals surface area contributed by atoms with Crippen LogP contribution in [-0.4, -0.2) is 76.2 Å². The number of aliphatic hydroxyl groups excluding tert-OH is 1. The maximum atomic E-state index is 12.1. The van der Waals surface area contributed by atoms with E-state index in [4.69, 9.17) is 5.11 Å². The molecule has 1 fully saturated rings. The number of carboxylic acids is 1. The molecule has 3 N–H and O–H groups in total. The summed E-state index contributed by atoms with van der Waals surface area (Å²) in [7, 11) is 1.42. The number of carbonyl (C=O) groups is 3. The molecule has 2 atom stereocenters. The normalized spacial score (nSPS) is 21.9. The van der Waals surface area contributed by atoms with E-state index in [1.165, 1.54) is 7.05 Å². The van der Waals surface area contributed by atoms with Gasteiger partial charge in [0, 0.05) is 26.1 Å². The second-order valence-electron chi connectivity index (χ2n) is 5.26. The molecule has 0 radical (unpaired) electrons. The Morgan fingerprint density at radius 2 is 2.00 bits per heavy atom. The predicted molar refractivity (Wildman–Crippen MR) is 70.1 cm³/mol. The summed E-state index contributed by atoms with van der Waals surface area (Å²) in [5, 5.41) is 21.2. The van der Waals surface area contributed by atoms with Gasteiger partial charge >= 0.3 is 12.0 Å². The zero-order valence-electron chi connectivity index (χ0n) is 11.9. The van der Waals surface area contributed by atoms with Crippen molar-refractivity contribution in [3.05, 3.63) is 0 Å². The third-order valence-electron chi connectivity index (χ3n) is 2.97. The van der Waals surface area contributed by atoms with Gasteiger partial charge in [0.25, 0.3) is 0 Å². The molecule has 1 aliphatic heterocycles. The number of rotatable bonds is 4. The Hall–Kier alpha value is -1.83. The minimum absolute atomic E-state index is 0.00705. The molecule has 0 bridgehead atoms. The lowest BCUT2D eigenvalue weighted by atomic mass is 10.2. The Labute approximate surface area is 117 Å². The molecule has 8 heteroatoms. The number of aliphatic carboxylic acids is 1. The number of carboxylic acid groups (broad SMARTS) is 1. The van der Waals surface area contributed by atoms with Crippen LogP contribution in [0.5, 0.6) is 0 Å². The molecule has 0 spiro atoms. The van der Waals surface area contributed by atoms with Crippen molar-refractivity contribution in [1.29, 1.82) is 0 Å². The van der Waals surface area contributed by atoms with E-state index >= 15 is 0 Å². The summed E-state index contributed by atoms with van der Waals surface area (Å²) in [6, 6.07) is -1.66. The molecule has 1 aliphatic rings. The van der Waals surface area contributed by atoms with Gasteiger partial charge in [-0.05, 0) is 13.8 Å². The van der Waals surface area contributed by atoms with Crippen molar-refractivity contribution in [2.24, 2.45) is 0 Å². The molecular formula is C12H21N3O5. The molecule has 114 valence electrons. The second-order valence-corrected chi connectivity index (χ2v) is 5.26. The van der Waals surface area contributed by atoms with Crippen LogP contribution in [0.1, 0.15) is 20.3 Å². The third kappa shape index (κ3) is 4.09. The van der Waals surface area contributed by atoms with Crippen LogP contribution in [-0.2, 0) is 9.59 Å². The fourth-order valence-electron chi connectivity index (χ4n) is 2.13. The van der Waals surface area contributed by atoms with E-state index in [1.807, 2.05) is 0 Å². The van der Waals surface area contributed by atoms with Crippen LogP contribution in [0.15, 0.2) is 0 Å². The van der Waals surface area contributed by atoms with Crippen molar-refractivity contribution in [3.8, 4) is 0 Å². The number of likely N-dealkylation sites (N-methyl/N-ethyl adjacent to an activating group) is 1. The summed E-state index contributed by atoms with van der Waals surface area (Å²) in [5.74, 6) is -1.47. The summed E-state index contributed by atoms with van der Waals surface area (Å²) >= 11 is 0. The number of urea groups is 1. The number of β-amino-alcohol motifs (C(OH)–C–C–N with tert-alkyl or cyclic N) is 1. The van der Waals surface area contributed by atoms with E-state index in [0.29, 0.717) is 0 Å². The molecule has 1 heterocycles. The molecule has 0 aromatic carbocycles. The summed E-state index contributed by atoms with van der Waals surface area (Å²) in [4.78, 5) is 37.0. The quantitative estimate of drug-likeness (QED) is 0.619. The predicted octanol–water partition coefficient (Wildman–Crippen LogP) is -0.917. The average molecular weight is 287 g/mol. The van der Waals surface area contributed by atoms with Crippen LogP contribution in [0, 0.1) is 0 Å².